The van der Waals surface area contributed by atoms with Crippen molar-refractivity contribution in [2.75, 3.05) is 12.8 Å². The fraction of sp³-hybridized carbons (Fsp3) is 0.300. The molecule has 0 fully saturated rings. The molecule has 36 heavy (non-hydrogen) atoms. The quantitative estimate of drug-likeness (QED) is 0.183. The zero-order valence-electron chi connectivity index (χ0n) is 21.0. The Balaban J connectivity index is 1.80. The Bertz CT molecular complexity index is 1220. The van der Waals surface area contributed by atoms with Gasteiger partial charge in [0.1, 0.15) is 11.6 Å². The van der Waals surface area contributed by atoms with E-state index in [1.165, 1.54) is 13.2 Å². The first-order valence-corrected chi connectivity index (χ1v) is 12.3. The first-order valence-electron chi connectivity index (χ1n) is 12.3. The molecule has 3 N–H and O–H groups in total. The molecular formula is C30H34N2O4. The van der Waals surface area contributed by atoms with E-state index in [2.05, 4.69) is 11.9 Å². The van der Waals surface area contributed by atoms with E-state index in [1.54, 1.807) is 24.4 Å². The van der Waals surface area contributed by atoms with Gasteiger partial charge in [-0.05, 0) is 64.9 Å². The molecule has 0 spiro atoms. The van der Waals surface area contributed by atoms with Gasteiger partial charge >= 0.3 is 0 Å². The van der Waals surface area contributed by atoms with Crippen LogP contribution >= 0.6 is 0 Å². The first kappa shape index (κ1) is 26.7. The van der Waals surface area contributed by atoms with Crippen molar-refractivity contribution in [3.05, 3.63) is 88.6 Å². The maximum Gasteiger partial charge on any atom is 0.163 e. The van der Waals surface area contributed by atoms with Crippen molar-refractivity contribution in [1.82, 2.24) is 4.98 Å². The van der Waals surface area contributed by atoms with Gasteiger partial charge in [0.25, 0.3) is 0 Å². The minimum Gasteiger partial charge on any atom is -0.504 e. The summed E-state index contributed by atoms with van der Waals surface area (Å²) in [6.45, 7) is 2.08. The summed E-state index contributed by atoms with van der Waals surface area (Å²) in [4.78, 5) is 28.8. The van der Waals surface area contributed by atoms with E-state index in [-0.39, 0.29) is 23.7 Å². The van der Waals surface area contributed by atoms with Gasteiger partial charge in [-0.3, -0.25) is 9.59 Å². The molecular weight excluding hydrogens is 452 g/mol. The number of pyridine rings is 1. The molecule has 1 aromatic heterocycles. The molecule has 1 heterocycles. The van der Waals surface area contributed by atoms with E-state index in [0.717, 1.165) is 47.1 Å². The fourth-order valence-corrected chi connectivity index (χ4v) is 4.04. The van der Waals surface area contributed by atoms with Crippen molar-refractivity contribution < 1.29 is 19.4 Å². The SMILES string of the molecule is CCCCCC(=O)CC(=O)C=Cc1cc(OC)c(O)cc1Cc1cnc(N)c(Cc2ccccc2)c1. The molecule has 0 saturated carbocycles. The van der Waals surface area contributed by atoms with Crippen molar-refractivity contribution in [2.45, 2.75) is 51.9 Å². The summed E-state index contributed by atoms with van der Waals surface area (Å²) in [5.74, 6) is 0.514. The van der Waals surface area contributed by atoms with Crippen LogP contribution in [0, 0.1) is 0 Å². The van der Waals surface area contributed by atoms with Gasteiger partial charge in [0.2, 0.25) is 0 Å². The van der Waals surface area contributed by atoms with Crippen molar-refractivity contribution in [3.8, 4) is 11.5 Å². The topological polar surface area (TPSA) is 103 Å². The van der Waals surface area contributed by atoms with E-state index in [9.17, 15) is 14.7 Å². The lowest BCUT2D eigenvalue weighted by Gasteiger charge is -2.12. The number of nitrogens with two attached hydrogens (primary N) is 1. The van der Waals surface area contributed by atoms with Crippen LogP contribution in [-0.4, -0.2) is 28.8 Å². The van der Waals surface area contributed by atoms with Crippen molar-refractivity contribution in [1.29, 1.82) is 0 Å². The van der Waals surface area contributed by atoms with Gasteiger partial charge in [-0.1, -0.05) is 56.2 Å². The van der Waals surface area contributed by atoms with Gasteiger partial charge in [0.05, 0.1) is 13.5 Å². The van der Waals surface area contributed by atoms with Crippen LogP contribution in [-0.2, 0) is 22.4 Å². The number of rotatable bonds is 13. The summed E-state index contributed by atoms with van der Waals surface area (Å²) in [7, 11) is 1.47. The summed E-state index contributed by atoms with van der Waals surface area (Å²) in [6.07, 6.45) is 9.11. The molecule has 0 unspecified atom stereocenters. The number of carbonyl (C=O) groups is 2. The van der Waals surface area contributed by atoms with E-state index >= 15 is 0 Å². The Morgan fingerprint density at radius 1 is 1.03 bits per heavy atom. The van der Waals surface area contributed by atoms with Crippen LogP contribution in [0.4, 0.5) is 5.82 Å². The normalized spacial score (nSPS) is 11.1. The number of allylic oxidation sites excluding steroid dienone is 1. The number of carbonyl (C=O) groups excluding carboxylic acids is 2. The third-order valence-corrected chi connectivity index (χ3v) is 6.01. The predicted octanol–water partition coefficient (Wildman–Crippen LogP) is 5.68. The summed E-state index contributed by atoms with van der Waals surface area (Å²) in [5, 5.41) is 10.4. The number of hydrogen-bond acceptors (Lipinski definition) is 6. The Hall–Kier alpha value is -3.93. The van der Waals surface area contributed by atoms with Gasteiger partial charge in [0, 0.05) is 19.0 Å². The Morgan fingerprint density at radius 2 is 1.78 bits per heavy atom. The zero-order valence-corrected chi connectivity index (χ0v) is 21.0. The largest absolute Gasteiger partial charge is 0.504 e. The van der Waals surface area contributed by atoms with Gasteiger partial charge in [-0.25, -0.2) is 4.98 Å². The Morgan fingerprint density at radius 3 is 2.50 bits per heavy atom. The highest BCUT2D eigenvalue weighted by Gasteiger charge is 2.12. The highest BCUT2D eigenvalue weighted by molar-refractivity contribution is 6.06. The maximum absolute atomic E-state index is 12.4. The van der Waals surface area contributed by atoms with Gasteiger partial charge in [-0.2, -0.15) is 0 Å². The molecule has 0 saturated heterocycles. The average Bonchev–Trinajstić information content (AvgIpc) is 2.86. The van der Waals surface area contributed by atoms with Crippen LogP contribution in [0.3, 0.4) is 0 Å². The molecule has 0 aliphatic rings. The number of unbranched alkanes of at least 4 members (excludes halogenated alkanes) is 2. The van der Waals surface area contributed by atoms with E-state index in [1.807, 2.05) is 36.4 Å². The van der Waals surface area contributed by atoms with Crippen LogP contribution in [0.2, 0.25) is 0 Å². The lowest BCUT2D eigenvalue weighted by Crippen LogP contribution is -2.05. The van der Waals surface area contributed by atoms with Gasteiger partial charge in [0.15, 0.2) is 17.3 Å². The Kier molecular flexibility index (Phi) is 9.81. The molecule has 0 aliphatic heterocycles. The van der Waals surface area contributed by atoms with Crippen LogP contribution in [0.15, 0.2) is 60.8 Å². The summed E-state index contributed by atoms with van der Waals surface area (Å²) >= 11 is 0. The summed E-state index contributed by atoms with van der Waals surface area (Å²) in [6, 6.07) is 15.4. The zero-order chi connectivity index (χ0) is 25.9. The van der Waals surface area contributed by atoms with Crippen LogP contribution < -0.4 is 10.5 Å². The average molecular weight is 487 g/mol. The lowest BCUT2D eigenvalue weighted by molar-refractivity contribution is -0.124. The van der Waals surface area contributed by atoms with Gasteiger partial charge < -0.3 is 15.6 Å². The molecule has 0 bridgehead atoms. The number of methoxy groups -OCH3 is 1. The predicted molar refractivity (Wildman–Crippen MR) is 143 cm³/mol. The molecule has 0 radical (unpaired) electrons. The molecule has 0 amide bonds. The molecule has 0 aliphatic carbocycles. The van der Waals surface area contributed by atoms with Crippen LogP contribution in [0.1, 0.15) is 66.8 Å². The number of aromatic hydroxyl groups is 1. The number of Topliss-reactive ketones (excluding diaryl/α,β-unsaturated/α-hetero) is 1. The molecule has 3 rings (SSSR count). The molecule has 2 aromatic carbocycles. The second-order valence-electron chi connectivity index (χ2n) is 8.92. The summed E-state index contributed by atoms with van der Waals surface area (Å²) < 4.78 is 5.27. The molecule has 3 aromatic rings. The second-order valence-corrected chi connectivity index (χ2v) is 8.92. The fourth-order valence-electron chi connectivity index (χ4n) is 4.04. The second kappa shape index (κ2) is 13.2. The first-order chi connectivity index (χ1) is 17.4. The number of hydrogen-bond donors (Lipinski definition) is 2. The number of nitrogens with zero attached hydrogens (tertiary/aromatic N) is 1. The lowest BCUT2D eigenvalue weighted by atomic mass is 9.97. The van der Waals surface area contributed by atoms with Crippen molar-refractivity contribution >= 4 is 23.5 Å². The van der Waals surface area contributed by atoms with Crippen LogP contribution in [0.5, 0.6) is 11.5 Å². The number of phenols is 1. The minimum absolute atomic E-state index is 0.00925. The third kappa shape index (κ3) is 7.80. The van der Waals surface area contributed by atoms with Crippen molar-refractivity contribution in [2.24, 2.45) is 0 Å². The standard InChI is InChI=1S/C30H34N2O4/c1-3-4-6-11-26(33)19-27(34)13-12-23-18-29(36-2)28(35)17-24(23)15-22-16-25(30(31)32-20-22)14-21-9-7-5-8-10-21/h5,7-10,12-13,16-18,20,35H,3-4,6,11,14-15,19H2,1-2H3,(H2,31,32). The molecule has 6 nitrogen and oxygen atoms in total. The van der Waals surface area contributed by atoms with Gasteiger partial charge in [-0.15, -0.1) is 0 Å². The number of anilines is 1. The maximum atomic E-state index is 12.4. The number of aromatic nitrogens is 1. The number of ether oxygens (including phenoxy) is 1. The molecule has 6 heteroatoms. The minimum atomic E-state index is -0.242. The third-order valence-electron chi connectivity index (χ3n) is 6.01. The molecule has 188 valence electrons. The number of nitrogen functional groups attached to an aromatic ring is 1. The number of benzene rings is 2. The number of phenolic OH excluding ortho intramolecular Hbond substituents is 1. The number of ketones is 2. The Labute approximate surface area is 212 Å². The smallest absolute Gasteiger partial charge is 0.163 e. The van der Waals surface area contributed by atoms with Crippen molar-refractivity contribution in [3.63, 3.8) is 0 Å². The van der Waals surface area contributed by atoms with Crippen LogP contribution in [0.25, 0.3) is 6.08 Å². The highest BCUT2D eigenvalue weighted by atomic mass is 16.5. The molecule has 0 atom stereocenters. The monoisotopic (exact) mass is 486 g/mol. The van der Waals surface area contributed by atoms with E-state index in [0.29, 0.717) is 30.8 Å². The highest BCUT2D eigenvalue weighted by Crippen LogP contribution is 2.32. The van der Waals surface area contributed by atoms with E-state index < -0.39 is 0 Å². The summed E-state index contributed by atoms with van der Waals surface area (Å²) in [5.41, 5.74) is 10.6. The van der Waals surface area contributed by atoms with E-state index in [4.69, 9.17) is 10.5 Å².